The fraction of sp³-hybridized carbons (Fsp3) is 0.348. The summed E-state index contributed by atoms with van der Waals surface area (Å²) in [4.78, 5) is 17.7. The lowest BCUT2D eigenvalue weighted by molar-refractivity contribution is 0.355. The van der Waals surface area contributed by atoms with Gasteiger partial charge in [0.15, 0.2) is 17.1 Å². The third-order valence-corrected chi connectivity index (χ3v) is 5.68. The number of H-pyrrole nitrogens is 2. The van der Waals surface area contributed by atoms with E-state index in [1.165, 1.54) is 10.1 Å². The molecule has 3 aromatic heterocycles. The van der Waals surface area contributed by atoms with Gasteiger partial charge in [-0.15, -0.1) is 0 Å². The molecule has 2 N–H and O–H groups in total. The van der Waals surface area contributed by atoms with Crippen LogP contribution in [0.2, 0.25) is 0 Å². The van der Waals surface area contributed by atoms with E-state index in [1.807, 2.05) is 39.0 Å². The van der Waals surface area contributed by atoms with Crippen molar-refractivity contribution in [2.45, 2.75) is 40.0 Å². The number of benzene rings is 1. The molecule has 8 nitrogen and oxygen atoms in total. The zero-order valence-electron chi connectivity index (χ0n) is 18.5. The fourth-order valence-corrected chi connectivity index (χ4v) is 4.01. The summed E-state index contributed by atoms with van der Waals surface area (Å²) in [5.74, 6) is 1.28. The van der Waals surface area contributed by atoms with E-state index in [-0.39, 0.29) is 5.56 Å². The van der Waals surface area contributed by atoms with Crippen molar-refractivity contribution in [2.24, 2.45) is 0 Å². The molecule has 0 atom stereocenters. The second-order valence-corrected chi connectivity index (χ2v) is 7.55. The molecule has 0 amide bonds. The number of nitrogens with one attached hydrogen (secondary N) is 2. The van der Waals surface area contributed by atoms with Crippen LogP contribution in [0.3, 0.4) is 0 Å². The van der Waals surface area contributed by atoms with Crippen molar-refractivity contribution in [1.82, 2.24) is 24.8 Å². The van der Waals surface area contributed by atoms with Crippen LogP contribution in [-0.4, -0.2) is 39.0 Å². The van der Waals surface area contributed by atoms with Gasteiger partial charge in [0, 0.05) is 28.7 Å². The van der Waals surface area contributed by atoms with Crippen molar-refractivity contribution in [3.8, 4) is 22.6 Å². The Morgan fingerprint density at radius 2 is 1.84 bits per heavy atom. The summed E-state index contributed by atoms with van der Waals surface area (Å²) < 4.78 is 12.4. The van der Waals surface area contributed by atoms with Gasteiger partial charge in [0.2, 0.25) is 0 Å². The minimum Gasteiger partial charge on any atom is -0.493 e. The Kier molecular flexibility index (Phi) is 5.54. The van der Waals surface area contributed by atoms with Crippen LogP contribution in [0.25, 0.3) is 16.8 Å². The zero-order chi connectivity index (χ0) is 22.1. The van der Waals surface area contributed by atoms with E-state index in [4.69, 9.17) is 14.5 Å². The minimum absolute atomic E-state index is 0.123. The van der Waals surface area contributed by atoms with Gasteiger partial charge >= 0.3 is 0 Å². The average Bonchev–Trinajstić information content (AvgIpc) is 3.31. The number of aryl methyl sites for hydroxylation is 4. The van der Waals surface area contributed by atoms with Gasteiger partial charge in [-0.3, -0.25) is 15.0 Å². The lowest BCUT2D eigenvalue weighted by Gasteiger charge is -2.10. The first-order chi connectivity index (χ1) is 15.0. The van der Waals surface area contributed by atoms with E-state index in [9.17, 15) is 4.79 Å². The summed E-state index contributed by atoms with van der Waals surface area (Å²) in [6.07, 6.45) is 2.16. The van der Waals surface area contributed by atoms with E-state index >= 15 is 0 Å². The average molecular weight is 422 g/mol. The third kappa shape index (κ3) is 3.69. The summed E-state index contributed by atoms with van der Waals surface area (Å²) in [5.41, 5.74) is 7.22. The summed E-state index contributed by atoms with van der Waals surface area (Å²) in [5, 5.41) is 10.5. The monoisotopic (exact) mass is 421 g/mol. The largest absolute Gasteiger partial charge is 0.493 e. The highest BCUT2D eigenvalue weighted by molar-refractivity contribution is 5.81. The molecule has 0 spiro atoms. The number of methoxy groups -OCH3 is 2. The molecule has 8 heteroatoms. The highest BCUT2D eigenvalue weighted by Crippen LogP contribution is 2.35. The van der Waals surface area contributed by atoms with Crippen LogP contribution >= 0.6 is 0 Å². The van der Waals surface area contributed by atoms with E-state index in [0.717, 1.165) is 46.7 Å². The van der Waals surface area contributed by atoms with Crippen molar-refractivity contribution < 1.29 is 9.47 Å². The summed E-state index contributed by atoms with van der Waals surface area (Å²) in [6, 6.07) is 7.34. The molecule has 3 heterocycles. The maximum absolute atomic E-state index is 12.9. The Labute approximate surface area is 180 Å². The van der Waals surface area contributed by atoms with Gasteiger partial charge in [0.1, 0.15) is 0 Å². The van der Waals surface area contributed by atoms with Gasteiger partial charge in [-0.1, -0.05) is 13.0 Å². The van der Waals surface area contributed by atoms with Crippen LogP contribution in [0, 0.1) is 13.8 Å². The topological polar surface area (TPSA) is 97.3 Å². The number of nitrogens with zero attached hydrogens (tertiary/aromatic N) is 3. The summed E-state index contributed by atoms with van der Waals surface area (Å²) >= 11 is 0. The number of rotatable bonds is 7. The standard InChI is InChI=1S/C23H27N5O3/c1-6-18-22(15-7-10-19(30-4)20(11-15)31-5)23-24-16(12-21(29)28(23)27-18)8-9-17-13(2)25-26-14(17)3/h7,10-12,27H,6,8-9H2,1-5H3,(H,25,26). The molecule has 4 aromatic rings. The predicted octanol–water partition coefficient (Wildman–Crippen LogP) is 3.39. The van der Waals surface area contributed by atoms with Crippen LogP contribution in [0.4, 0.5) is 0 Å². The van der Waals surface area contributed by atoms with Crippen LogP contribution in [-0.2, 0) is 19.3 Å². The molecular weight excluding hydrogens is 394 g/mol. The number of hydrogen-bond acceptors (Lipinski definition) is 5. The smallest absolute Gasteiger partial charge is 0.272 e. The van der Waals surface area contributed by atoms with Gasteiger partial charge in [-0.2, -0.15) is 5.10 Å². The van der Waals surface area contributed by atoms with Gasteiger partial charge in [-0.25, -0.2) is 9.50 Å². The number of ether oxygens (including phenoxy) is 2. The molecule has 0 fully saturated rings. The molecule has 0 radical (unpaired) electrons. The molecule has 0 aliphatic carbocycles. The maximum Gasteiger partial charge on any atom is 0.272 e. The Bertz CT molecular complexity index is 1280. The molecule has 162 valence electrons. The van der Waals surface area contributed by atoms with Crippen LogP contribution in [0.15, 0.2) is 29.1 Å². The Balaban J connectivity index is 1.81. The van der Waals surface area contributed by atoms with Gasteiger partial charge < -0.3 is 9.47 Å². The van der Waals surface area contributed by atoms with E-state index in [2.05, 4.69) is 15.3 Å². The molecule has 4 rings (SSSR count). The zero-order valence-corrected chi connectivity index (χ0v) is 18.5. The normalized spacial score (nSPS) is 11.3. The van der Waals surface area contributed by atoms with Crippen LogP contribution in [0.5, 0.6) is 11.5 Å². The Hall–Kier alpha value is -3.55. The highest BCUT2D eigenvalue weighted by Gasteiger charge is 2.18. The lowest BCUT2D eigenvalue weighted by atomic mass is 10.0. The van der Waals surface area contributed by atoms with Gasteiger partial charge in [-0.05, 0) is 56.4 Å². The van der Waals surface area contributed by atoms with E-state index in [0.29, 0.717) is 23.6 Å². The van der Waals surface area contributed by atoms with Crippen molar-refractivity contribution in [1.29, 1.82) is 0 Å². The Morgan fingerprint density at radius 1 is 1.06 bits per heavy atom. The number of fused-ring (bicyclic) bond motifs is 1. The second-order valence-electron chi connectivity index (χ2n) is 7.55. The van der Waals surface area contributed by atoms with Gasteiger partial charge in [0.25, 0.3) is 5.56 Å². The van der Waals surface area contributed by atoms with Gasteiger partial charge in [0.05, 0.1) is 19.9 Å². The highest BCUT2D eigenvalue weighted by atomic mass is 16.5. The maximum atomic E-state index is 12.9. The molecular formula is C23H27N5O3. The lowest BCUT2D eigenvalue weighted by Crippen LogP contribution is -2.16. The number of aromatic amines is 2. The Morgan fingerprint density at radius 3 is 2.48 bits per heavy atom. The van der Waals surface area contributed by atoms with Crippen molar-refractivity contribution >= 4 is 5.65 Å². The van der Waals surface area contributed by atoms with E-state index < -0.39 is 0 Å². The van der Waals surface area contributed by atoms with Crippen LogP contribution < -0.4 is 15.0 Å². The summed E-state index contributed by atoms with van der Waals surface area (Å²) in [7, 11) is 3.22. The fourth-order valence-electron chi connectivity index (χ4n) is 4.01. The molecule has 31 heavy (non-hydrogen) atoms. The molecule has 0 bridgehead atoms. The minimum atomic E-state index is -0.123. The number of hydrogen-bond donors (Lipinski definition) is 2. The van der Waals surface area contributed by atoms with Crippen molar-refractivity contribution in [2.75, 3.05) is 14.2 Å². The molecule has 0 aliphatic rings. The summed E-state index contributed by atoms with van der Waals surface area (Å²) in [6.45, 7) is 6.04. The molecule has 0 saturated carbocycles. The molecule has 0 saturated heterocycles. The van der Waals surface area contributed by atoms with Crippen molar-refractivity contribution in [3.63, 3.8) is 0 Å². The first-order valence-electron chi connectivity index (χ1n) is 10.3. The van der Waals surface area contributed by atoms with Crippen molar-refractivity contribution in [3.05, 3.63) is 63.0 Å². The number of aromatic nitrogens is 5. The first kappa shape index (κ1) is 20.7. The third-order valence-electron chi connectivity index (χ3n) is 5.68. The SMILES string of the molecule is CCc1[nH]n2c(=O)cc(CCc3c(C)n[nH]c3C)nc2c1-c1ccc(OC)c(OC)c1. The molecule has 1 aromatic carbocycles. The molecule has 0 unspecified atom stereocenters. The second kappa shape index (κ2) is 8.29. The molecule has 0 aliphatic heterocycles. The van der Waals surface area contributed by atoms with Crippen LogP contribution in [0.1, 0.15) is 35.3 Å². The quantitative estimate of drug-likeness (QED) is 0.477. The predicted molar refractivity (Wildman–Crippen MR) is 119 cm³/mol. The van der Waals surface area contributed by atoms with E-state index in [1.54, 1.807) is 20.3 Å². The first-order valence-corrected chi connectivity index (χ1v) is 10.3.